The molecule has 0 N–H and O–H groups in total. The zero-order chi connectivity index (χ0) is 24.1. The van der Waals surface area contributed by atoms with E-state index in [4.69, 9.17) is 4.74 Å². The summed E-state index contributed by atoms with van der Waals surface area (Å²) in [6.07, 6.45) is 6.02. The minimum absolute atomic E-state index is 0.00742. The maximum atomic E-state index is 15.1. The molecular weight excluding hydrogens is 433 g/mol. The maximum absolute atomic E-state index is 15.1. The summed E-state index contributed by atoms with van der Waals surface area (Å²) in [4.78, 5) is 0. The van der Waals surface area contributed by atoms with Crippen LogP contribution < -0.4 is 4.74 Å². The minimum Gasteiger partial charge on any atom is -0.493 e. The SMILES string of the molecule is CCCc1ccc(-c2ccc(C3CCC(COc4ccc(CC)c(F)c4)CC3)c(F)c2F)cc1. The van der Waals surface area contributed by atoms with Gasteiger partial charge in [0, 0.05) is 11.6 Å². The Bertz CT molecular complexity index is 1100. The average molecular weight is 467 g/mol. The molecule has 4 heteroatoms. The van der Waals surface area contributed by atoms with Gasteiger partial charge in [-0.1, -0.05) is 62.7 Å². The highest BCUT2D eigenvalue weighted by atomic mass is 19.2. The largest absolute Gasteiger partial charge is 0.493 e. The van der Waals surface area contributed by atoms with E-state index in [1.54, 1.807) is 18.2 Å². The van der Waals surface area contributed by atoms with Crippen molar-refractivity contribution in [3.05, 3.63) is 88.7 Å². The van der Waals surface area contributed by atoms with Crippen molar-refractivity contribution in [3.63, 3.8) is 0 Å². The summed E-state index contributed by atoms with van der Waals surface area (Å²) in [5.41, 5.74) is 3.37. The van der Waals surface area contributed by atoms with Crippen LogP contribution in [0.25, 0.3) is 11.1 Å². The molecule has 0 spiro atoms. The molecule has 3 aromatic rings. The van der Waals surface area contributed by atoms with Crippen molar-refractivity contribution in [1.82, 2.24) is 0 Å². The first kappa shape index (κ1) is 24.4. The van der Waals surface area contributed by atoms with Crippen molar-refractivity contribution in [1.29, 1.82) is 0 Å². The lowest BCUT2D eigenvalue weighted by Crippen LogP contribution is -2.20. The molecule has 0 bridgehead atoms. The first-order valence-electron chi connectivity index (χ1n) is 12.5. The maximum Gasteiger partial charge on any atom is 0.166 e. The molecule has 0 aromatic heterocycles. The predicted octanol–water partition coefficient (Wildman–Crippen LogP) is 8.64. The van der Waals surface area contributed by atoms with Crippen molar-refractivity contribution in [2.24, 2.45) is 5.92 Å². The molecule has 1 nitrogen and oxygen atoms in total. The molecule has 34 heavy (non-hydrogen) atoms. The highest BCUT2D eigenvalue weighted by Crippen LogP contribution is 2.39. The lowest BCUT2D eigenvalue weighted by atomic mass is 9.78. The molecule has 1 saturated carbocycles. The van der Waals surface area contributed by atoms with Gasteiger partial charge in [-0.15, -0.1) is 0 Å². The van der Waals surface area contributed by atoms with Crippen LogP contribution in [0.3, 0.4) is 0 Å². The first-order valence-corrected chi connectivity index (χ1v) is 12.5. The minimum atomic E-state index is -0.760. The van der Waals surface area contributed by atoms with Gasteiger partial charge in [0.2, 0.25) is 0 Å². The van der Waals surface area contributed by atoms with Crippen LogP contribution in [0.15, 0.2) is 54.6 Å². The fourth-order valence-electron chi connectivity index (χ4n) is 5.00. The van der Waals surface area contributed by atoms with E-state index in [0.29, 0.717) is 46.9 Å². The number of aryl methyl sites for hydroxylation is 2. The normalized spacial score (nSPS) is 18.1. The Balaban J connectivity index is 1.36. The number of halogens is 3. The average Bonchev–Trinajstić information content (AvgIpc) is 2.86. The third-order valence-corrected chi connectivity index (χ3v) is 7.09. The number of ether oxygens (including phenoxy) is 1. The lowest BCUT2D eigenvalue weighted by Gasteiger charge is -2.29. The van der Waals surface area contributed by atoms with Gasteiger partial charge >= 0.3 is 0 Å². The summed E-state index contributed by atoms with van der Waals surface area (Å²) in [5, 5.41) is 0. The van der Waals surface area contributed by atoms with Gasteiger partial charge in [0.1, 0.15) is 11.6 Å². The number of hydrogen-bond donors (Lipinski definition) is 0. The second-order valence-electron chi connectivity index (χ2n) is 9.41. The van der Waals surface area contributed by atoms with Crippen LogP contribution in [-0.2, 0) is 12.8 Å². The van der Waals surface area contributed by atoms with Crippen molar-refractivity contribution in [2.45, 2.75) is 64.7 Å². The van der Waals surface area contributed by atoms with Crippen LogP contribution in [0.4, 0.5) is 13.2 Å². The van der Waals surface area contributed by atoms with E-state index >= 15 is 4.39 Å². The lowest BCUT2D eigenvalue weighted by molar-refractivity contribution is 0.198. The summed E-state index contributed by atoms with van der Waals surface area (Å²) in [6.45, 7) is 4.56. The number of benzene rings is 3. The van der Waals surface area contributed by atoms with E-state index in [1.807, 2.05) is 37.3 Å². The Hall–Kier alpha value is -2.75. The summed E-state index contributed by atoms with van der Waals surface area (Å²) >= 11 is 0. The van der Waals surface area contributed by atoms with Gasteiger partial charge in [-0.25, -0.2) is 13.2 Å². The standard InChI is InChI=1S/C30H33F3O/c1-3-5-20-6-10-23(11-7-20)26-16-17-27(30(33)29(26)32)24-12-8-21(9-13-24)19-34-25-15-14-22(4-2)28(31)18-25/h6-7,10-11,14-18,21,24H,3-5,8-9,12-13,19H2,1-2H3. The fourth-order valence-corrected chi connectivity index (χ4v) is 5.00. The molecular formula is C30H33F3O. The molecule has 0 heterocycles. The van der Waals surface area contributed by atoms with Gasteiger partial charge in [0.25, 0.3) is 0 Å². The second kappa shape index (κ2) is 11.1. The third kappa shape index (κ3) is 5.48. The van der Waals surface area contributed by atoms with Crippen LogP contribution in [0.5, 0.6) is 5.75 Å². The molecule has 0 amide bonds. The van der Waals surface area contributed by atoms with Crippen molar-refractivity contribution in [3.8, 4) is 16.9 Å². The Morgan fingerprint density at radius 1 is 0.824 bits per heavy atom. The van der Waals surface area contributed by atoms with Crippen molar-refractivity contribution < 1.29 is 17.9 Å². The first-order chi connectivity index (χ1) is 16.5. The van der Waals surface area contributed by atoms with Crippen LogP contribution >= 0.6 is 0 Å². The highest BCUT2D eigenvalue weighted by Gasteiger charge is 2.27. The van der Waals surface area contributed by atoms with Crippen molar-refractivity contribution >= 4 is 0 Å². The molecule has 3 aromatic carbocycles. The number of hydrogen-bond acceptors (Lipinski definition) is 1. The van der Waals surface area contributed by atoms with Gasteiger partial charge in [0.15, 0.2) is 11.6 Å². The van der Waals surface area contributed by atoms with E-state index in [1.165, 1.54) is 11.6 Å². The van der Waals surface area contributed by atoms with Gasteiger partial charge in [-0.05, 0) is 78.7 Å². The van der Waals surface area contributed by atoms with Crippen LogP contribution in [0.2, 0.25) is 0 Å². The molecule has 0 atom stereocenters. The topological polar surface area (TPSA) is 9.23 Å². The van der Waals surface area contributed by atoms with Gasteiger partial charge in [-0.2, -0.15) is 0 Å². The summed E-state index contributed by atoms with van der Waals surface area (Å²) < 4.78 is 49.8. The van der Waals surface area contributed by atoms with Crippen molar-refractivity contribution in [2.75, 3.05) is 6.61 Å². The zero-order valence-corrected chi connectivity index (χ0v) is 20.0. The van der Waals surface area contributed by atoms with E-state index in [0.717, 1.165) is 38.5 Å². The number of rotatable bonds is 8. The highest BCUT2D eigenvalue weighted by molar-refractivity contribution is 5.65. The summed E-state index contributed by atoms with van der Waals surface area (Å²) in [7, 11) is 0. The van der Waals surface area contributed by atoms with Gasteiger partial charge in [0.05, 0.1) is 6.61 Å². The van der Waals surface area contributed by atoms with E-state index < -0.39 is 11.6 Å². The quantitative estimate of drug-likeness (QED) is 0.323. The third-order valence-electron chi connectivity index (χ3n) is 7.09. The molecule has 1 fully saturated rings. The van der Waals surface area contributed by atoms with E-state index in [2.05, 4.69) is 6.92 Å². The molecule has 0 unspecified atom stereocenters. The molecule has 1 aliphatic carbocycles. The van der Waals surface area contributed by atoms with Crippen LogP contribution in [0.1, 0.15) is 68.6 Å². The van der Waals surface area contributed by atoms with Crippen LogP contribution in [-0.4, -0.2) is 6.61 Å². The monoisotopic (exact) mass is 466 g/mol. The van der Waals surface area contributed by atoms with E-state index in [9.17, 15) is 8.78 Å². The Kier molecular flexibility index (Phi) is 7.97. The molecule has 0 radical (unpaired) electrons. The fraction of sp³-hybridized carbons (Fsp3) is 0.400. The molecule has 0 aliphatic heterocycles. The molecule has 1 aliphatic rings. The zero-order valence-electron chi connectivity index (χ0n) is 20.0. The smallest absolute Gasteiger partial charge is 0.166 e. The van der Waals surface area contributed by atoms with Gasteiger partial charge < -0.3 is 4.74 Å². The molecule has 180 valence electrons. The Morgan fingerprint density at radius 2 is 1.56 bits per heavy atom. The van der Waals surface area contributed by atoms with E-state index in [-0.39, 0.29) is 11.7 Å². The summed E-state index contributed by atoms with van der Waals surface area (Å²) in [6, 6.07) is 16.2. The molecule has 4 rings (SSSR count). The summed E-state index contributed by atoms with van der Waals surface area (Å²) in [5.74, 6) is -0.832. The Labute approximate surface area is 201 Å². The predicted molar refractivity (Wildman–Crippen MR) is 132 cm³/mol. The van der Waals surface area contributed by atoms with Crippen LogP contribution in [0, 0.1) is 23.4 Å². The molecule has 0 saturated heterocycles. The van der Waals surface area contributed by atoms with Gasteiger partial charge in [-0.3, -0.25) is 0 Å². The second-order valence-corrected chi connectivity index (χ2v) is 9.41. The Morgan fingerprint density at radius 3 is 2.21 bits per heavy atom.